The SMILES string of the molecule is O=S(=O)(c1ccccc1)N(CCO)c1cccc2ccccc12. The molecule has 0 aliphatic carbocycles. The molecule has 0 fully saturated rings. The largest absolute Gasteiger partial charge is 0.394 e. The van der Waals surface area contributed by atoms with E-state index in [2.05, 4.69) is 0 Å². The number of rotatable bonds is 5. The maximum Gasteiger partial charge on any atom is 0.264 e. The standard InChI is InChI=1S/C18H17NO3S/c20-14-13-19(23(21,22)16-9-2-1-3-10-16)18-12-6-8-15-7-4-5-11-17(15)18/h1-12,20H,13-14H2. The highest BCUT2D eigenvalue weighted by molar-refractivity contribution is 7.92. The van der Waals surface area contributed by atoms with Crippen LogP contribution in [0.15, 0.2) is 77.7 Å². The minimum Gasteiger partial charge on any atom is -0.394 e. The highest BCUT2D eigenvalue weighted by atomic mass is 32.2. The molecule has 4 nitrogen and oxygen atoms in total. The summed E-state index contributed by atoms with van der Waals surface area (Å²) in [6.07, 6.45) is 0. The molecule has 23 heavy (non-hydrogen) atoms. The average Bonchev–Trinajstić information content (AvgIpc) is 2.60. The predicted molar refractivity (Wildman–Crippen MR) is 92.0 cm³/mol. The van der Waals surface area contributed by atoms with Crippen LogP contribution in [0.1, 0.15) is 0 Å². The second-order valence-electron chi connectivity index (χ2n) is 5.11. The zero-order valence-electron chi connectivity index (χ0n) is 12.5. The minimum absolute atomic E-state index is 0.00519. The lowest BCUT2D eigenvalue weighted by molar-refractivity contribution is 0.307. The van der Waals surface area contributed by atoms with Crippen molar-refractivity contribution in [3.63, 3.8) is 0 Å². The third kappa shape index (κ3) is 2.93. The van der Waals surface area contributed by atoms with Crippen LogP contribution < -0.4 is 4.31 Å². The Labute approximate surface area is 135 Å². The van der Waals surface area contributed by atoms with E-state index < -0.39 is 10.0 Å². The van der Waals surface area contributed by atoms with Gasteiger partial charge in [0, 0.05) is 5.39 Å². The average molecular weight is 327 g/mol. The van der Waals surface area contributed by atoms with Crippen molar-refractivity contribution >= 4 is 26.5 Å². The number of benzene rings is 3. The van der Waals surface area contributed by atoms with Crippen LogP contribution in [0.4, 0.5) is 5.69 Å². The van der Waals surface area contributed by atoms with E-state index in [1.54, 1.807) is 36.4 Å². The Balaban J connectivity index is 2.19. The van der Waals surface area contributed by atoms with Crippen molar-refractivity contribution in [2.75, 3.05) is 17.5 Å². The first-order valence-corrected chi connectivity index (χ1v) is 8.75. The maximum atomic E-state index is 13.0. The molecule has 0 bridgehead atoms. The second kappa shape index (κ2) is 6.40. The summed E-state index contributed by atoms with van der Waals surface area (Å²) >= 11 is 0. The third-order valence-corrected chi connectivity index (χ3v) is 5.50. The van der Waals surface area contributed by atoms with Crippen LogP contribution in [-0.2, 0) is 10.0 Å². The Hall–Kier alpha value is -2.37. The van der Waals surface area contributed by atoms with Crippen LogP contribution in [0.25, 0.3) is 10.8 Å². The van der Waals surface area contributed by atoms with E-state index in [-0.39, 0.29) is 18.0 Å². The van der Waals surface area contributed by atoms with Crippen molar-refractivity contribution in [1.82, 2.24) is 0 Å². The molecule has 3 aromatic rings. The van der Waals surface area contributed by atoms with Crippen molar-refractivity contribution in [3.05, 3.63) is 72.8 Å². The predicted octanol–water partition coefficient (Wildman–Crippen LogP) is 3.03. The quantitative estimate of drug-likeness (QED) is 0.783. The minimum atomic E-state index is -3.73. The van der Waals surface area contributed by atoms with E-state index in [1.807, 2.05) is 36.4 Å². The fourth-order valence-corrected chi connectivity index (χ4v) is 4.10. The van der Waals surface area contributed by atoms with Crippen molar-refractivity contribution in [2.24, 2.45) is 0 Å². The monoisotopic (exact) mass is 327 g/mol. The highest BCUT2D eigenvalue weighted by Crippen LogP contribution is 2.30. The van der Waals surface area contributed by atoms with Crippen LogP contribution in [-0.4, -0.2) is 26.7 Å². The Kier molecular flexibility index (Phi) is 4.32. The van der Waals surface area contributed by atoms with Crippen molar-refractivity contribution in [2.45, 2.75) is 4.90 Å². The number of fused-ring (bicyclic) bond motifs is 1. The molecule has 0 aromatic heterocycles. The molecule has 0 saturated heterocycles. The number of sulfonamides is 1. The number of aliphatic hydroxyl groups is 1. The summed E-state index contributed by atoms with van der Waals surface area (Å²) in [5, 5.41) is 11.2. The van der Waals surface area contributed by atoms with Gasteiger partial charge in [0.25, 0.3) is 10.0 Å². The normalized spacial score (nSPS) is 11.5. The van der Waals surface area contributed by atoms with Gasteiger partial charge >= 0.3 is 0 Å². The van der Waals surface area contributed by atoms with Crippen LogP contribution in [0.3, 0.4) is 0 Å². The topological polar surface area (TPSA) is 57.6 Å². The van der Waals surface area contributed by atoms with Gasteiger partial charge in [0.1, 0.15) is 0 Å². The van der Waals surface area contributed by atoms with E-state index in [0.29, 0.717) is 5.69 Å². The first-order chi connectivity index (χ1) is 11.1. The second-order valence-corrected chi connectivity index (χ2v) is 6.97. The third-order valence-electron chi connectivity index (χ3n) is 3.67. The summed E-state index contributed by atoms with van der Waals surface area (Å²) in [5.74, 6) is 0. The lowest BCUT2D eigenvalue weighted by atomic mass is 10.1. The Morgan fingerprint density at radius 3 is 2.22 bits per heavy atom. The van der Waals surface area contributed by atoms with Gasteiger partial charge in [-0.2, -0.15) is 0 Å². The summed E-state index contributed by atoms with van der Waals surface area (Å²) in [6.45, 7) is -0.249. The van der Waals surface area contributed by atoms with Gasteiger partial charge in [-0.15, -0.1) is 0 Å². The van der Waals surface area contributed by atoms with Gasteiger partial charge in [-0.25, -0.2) is 8.42 Å². The summed E-state index contributed by atoms with van der Waals surface area (Å²) < 4.78 is 27.2. The zero-order valence-corrected chi connectivity index (χ0v) is 13.3. The molecular formula is C18H17NO3S. The van der Waals surface area contributed by atoms with Crippen molar-refractivity contribution in [3.8, 4) is 0 Å². The summed E-state index contributed by atoms with van der Waals surface area (Å²) in [7, 11) is -3.73. The smallest absolute Gasteiger partial charge is 0.264 e. The van der Waals surface area contributed by atoms with Gasteiger partial charge in [-0.05, 0) is 23.6 Å². The molecule has 0 amide bonds. The number of hydrogen-bond acceptors (Lipinski definition) is 3. The number of anilines is 1. The Morgan fingerprint density at radius 2 is 1.48 bits per heavy atom. The van der Waals surface area contributed by atoms with E-state index in [4.69, 9.17) is 0 Å². The Morgan fingerprint density at radius 1 is 0.826 bits per heavy atom. The van der Waals surface area contributed by atoms with E-state index >= 15 is 0 Å². The number of hydrogen-bond donors (Lipinski definition) is 1. The van der Waals surface area contributed by atoms with E-state index in [0.717, 1.165) is 10.8 Å². The van der Waals surface area contributed by atoms with Gasteiger partial charge < -0.3 is 5.11 Å². The van der Waals surface area contributed by atoms with Gasteiger partial charge in [0.15, 0.2) is 0 Å². The molecule has 5 heteroatoms. The lowest BCUT2D eigenvalue weighted by Crippen LogP contribution is -2.33. The Bertz CT molecular complexity index is 902. The maximum absolute atomic E-state index is 13.0. The molecular weight excluding hydrogens is 310 g/mol. The van der Waals surface area contributed by atoms with Crippen LogP contribution >= 0.6 is 0 Å². The fourth-order valence-electron chi connectivity index (χ4n) is 2.61. The van der Waals surface area contributed by atoms with Crippen molar-refractivity contribution < 1.29 is 13.5 Å². The molecule has 0 aliphatic rings. The molecule has 118 valence electrons. The van der Waals surface area contributed by atoms with Gasteiger partial charge in [0.05, 0.1) is 23.7 Å². The number of aliphatic hydroxyl groups excluding tert-OH is 1. The van der Waals surface area contributed by atoms with Crippen LogP contribution in [0, 0.1) is 0 Å². The molecule has 0 radical (unpaired) electrons. The first-order valence-electron chi connectivity index (χ1n) is 7.31. The molecule has 0 spiro atoms. The van der Waals surface area contributed by atoms with Gasteiger partial charge in [-0.1, -0.05) is 54.6 Å². The van der Waals surface area contributed by atoms with Gasteiger partial charge in [-0.3, -0.25) is 4.31 Å². The van der Waals surface area contributed by atoms with Crippen molar-refractivity contribution in [1.29, 1.82) is 0 Å². The van der Waals surface area contributed by atoms with Crippen LogP contribution in [0.5, 0.6) is 0 Å². The fraction of sp³-hybridized carbons (Fsp3) is 0.111. The molecule has 0 heterocycles. The molecule has 3 rings (SSSR count). The molecule has 1 N–H and O–H groups in total. The van der Waals surface area contributed by atoms with E-state index in [9.17, 15) is 13.5 Å². The summed E-state index contributed by atoms with van der Waals surface area (Å²) in [4.78, 5) is 0.210. The molecule has 0 unspecified atom stereocenters. The molecule has 0 saturated carbocycles. The number of nitrogens with zero attached hydrogens (tertiary/aromatic N) is 1. The summed E-state index contributed by atoms with van der Waals surface area (Å²) in [5.41, 5.74) is 0.570. The van der Waals surface area contributed by atoms with Crippen LogP contribution in [0.2, 0.25) is 0 Å². The summed E-state index contributed by atoms with van der Waals surface area (Å²) in [6, 6.07) is 21.4. The molecule has 0 aliphatic heterocycles. The zero-order chi connectivity index (χ0) is 16.3. The highest BCUT2D eigenvalue weighted by Gasteiger charge is 2.25. The lowest BCUT2D eigenvalue weighted by Gasteiger charge is -2.25. The van der Waals surface area contributed by atoms with Gasteiger partial charge in [0.2, 0.25) is 0 Å². The molecule has 3 aromatic carbocycles. The first kappa shape index (κ1) is 15.5. The van der Waals surface area contributed by atoms with E-state index in [1.165, 1.54) is 4.31 Å². The molecule has 0 atom stereocenters.